The summed E-state index contributed by atoms with van der Waals surface area (Å²) < 4.78 is 1.90. The topological polar surface area (TPSA) is 42.7 Å². The molecule has 1 aliphatic carbocycles. The smallest absolute Gasteiger partial charge is 0.137 e. The van der Waals surface area contributed by atoms with E-state index in [0.29, 0.717) is 6.04 Å². The van der Waals surface area contributed by atoms with Crippen molar-refractivity contribution >= 4 is 0 Å². The van der Waals surface area contributed by atoms with Gasteiger partial charge in [-0.1, -0.05) is 12.8 Å². The molecule has 0 spiro atoms. The minimum atomic E-state index is 0.401. The van der Waals surface area contributed by atoms with Gasteiger partial charge >= 0.3 is 0 Å². The van der Waals surface area contributed by atoms with E-state index in [2.05, 4.69) is 22.3 Å². The second-order valence-corrected chi connectivity index (χ2v) is 4.11. The minimum absolute atomic E-state index is 0.401. The van der Waals surface area contributed by atoms with Crippen LogP contribution < -0.4 is 5.32 Å². The van der Waals surface area contributed by atoms with Crippen LogP contribution in [0.2, 0.25) is 0 Å². The van der Waals surface area contributed by atoms with Gasteiger partial charge in [0.2, 0.25) is 0 Å². The number of rotatable bonds is 4. The van der Waals surface area contributed by atoms with Crippen molar-refractivity contribution in [2.24, 2.45) is 0 Å². The van der Waals surface area contributed by atoms with E-state index in [1.807, 2.05) is 4.68 Å². The first-order chi connectivity index (χ1) is 6.86. The van der Waals surface area contributed by atoms with Gasteiger partial charge in [-0.2, -0.15) is 5.10 Å². The summed E-state index contributed by atoms with van der Waals surface area (Å²) in [6.07, 6.45) is 8.81. The van der Waals surface area contributed by atoms with Gasteiger partial charge in [-0.25, -0.2) is 9.67 Å². The van der Waals surface area contributed by atoms with Crippen LogP contribution in [0.4, 0.5) is 0 Å². The van der Waals surface area contributed by atoms with Crippen molar-refractivity contribution in [1.82, 2.24) is 20.1 Å². The molecule has 1 atom stereocenters. The molecule has 0 aromatic carbocycles. The second-order valence-electron chi connectivity index (χ2n) is 4.11. The van der Waals surface area contributed by atoms with Crippen LogP contribution in [-0.4, -0.2) is 27.4 Å². The van der Waals surface area contributed by atoms with Crippen molar-refractivity contribution in [3.63, 3.8) is 0 Å². The number of nitrogens with one attached hydrogen (secondary N) is 1. The Labute approximate surface area is 84.7 Å². The maximum absolute atomic E-state index is 4.13. The van der Waals surface area contributed by atoms with Gasteiger partial charge in [0.25, 0.3) is 0 Å². The van der Waals surface area contributed by atoms with Crippen LogP contribution >= 0.6 is 0 Å². The molecule has 1 fully saturated rings. The summed E-state index contributed by atoms with van der Waals surface area (Å²) in [5, 5.41) is 7.71. The Balaban J connectivity index is 1.74. The number of hydrogen-bond acceptors (Lipinski definition) is 3. The number of nitrogens with zero attached hydrogens (tertiary/aromatic N) is 3. The average Bonchev–Trinajstić information content (AvgIpc) is 2.87. The first kappa shape index (κ1) is 9.65. The van der Waals surface area contributed by atoms with Crippen LogP contribution in [0.3, 0.4) is 0 Å². The molecule has 0 saturated heterocycles. The first-order valence-corrected chi connectivity index (χ1v) is 5.44. The van der Waals surface area contributed by atoms with E-state index in [0.717, 1.165) is 12.6 Å². The molecule has 1 N–H and O–H groups in total. The van der Waals surface area contributed by atoms with Gasteiger partial charge < -0.3 is 5.32 Å². The highest BCUT2D eigenvalue weighted by Gasteiger charge is 2.15. The zero-order chi connectivity index (χ0) is 9.80. The molecule has 78 valence electrons. The largest absolute Gasteiger partial charge is 0.312 e. The fourth-order valence-corrected chi connectivity index (χ4v) is 2.01. The van der Waals surface area contributed by atoms with Crippen molar-refractivity contribution in [1.29, 1.82) is 0 Å². The van der Waals surface area contributed by atoms with Gasteiger partial charge in [-0.15, -0.1) is 0 Å². The predicted octanol–water partition coefficient (Wildman–Crippen LogP) is 1.37. The molecule has 14 heavy (non-hydrogen) atoms. The van der Waals surface area contributed by atoms with Crippen LogP contribution in [0.15, 0.2) is 12.7 Å². The van der Waals surface area contributed by atoms with Crippen molar-refractivity contribution in [2.75, 3.05) is 6.54 Å². The second kappa shape index (κ2) is 4.55. The lowest BCUT2D eigenvalue weighted by Gasteiger charge is -2.16. The molecule has 0 aliphatic heterocycles. The van der Waals surface area contributed by atoms with Gasteiger partial charge in [0.1, 0.15) is 12.7 Å². The molecule has 4 heteroatoms. The molecule has 1 aromatic rings. The lowest BCUT2D eigenvalue weighted by atomic mass is 10.2. The van der Waals surface area contributed by atoms with E-state index in [1.165, 1.54) is 25.7 Å². The molecule has 2 rings (SSSR count). The van der Waals surface area contributed by atoms with Crippen LogP contribution in [0, 0.1) is 0 Å². The molecule has 4 nitrogen and oxygen atoms in total. The van der Waals surface area contributed by atoms with Crippen molar-refractivity contribution in [3.8, 4) is 0 Å². The van der Waals surface area contributed by atoms with E-state index in [-0.39, 0.29) is 0 Å². The maximum atomic E-state index is 4.13. The standard InChI is InChI=1S/C10H18N4/c1-9(14-8-11-7-13-14)6-12-10-4-2-3-5-10/h7-10,12H,2-6H2,1H3. The van der Waals surface area contributed by atoms with Crippen molar-refractivity contribution in [2.45, 2.75) is 44.7 Å². The van der Waals surface area contributed by atoms with E-state index < -0.39 is 0 Å². The van der Waals surface area contributed by atoms with Gasteiger partial charge in [-0.3, -0.25) is 0 Å². The van der Waals surface area contributed by atoms with E-state index in [1.54, 1.807) is 12.7 Å². The summed E-state index contributed by atoms with van der Waals surface area (Å²) in [5.41, 5.74) is 0. The Kier molecular flexibility index (Phi) is 3.14. The zero-order valence-corrected chi connectivity index (χ0v) is 8.69. The van der Waals surface area contributed by atoms with Crippen LogP contribution in [-0.2, 0) is 0 Å². The molecule has 1 aromatic heterocycles. The fourth-order valence-electron chi connectivity index (χ4n) is 2.01. The van der Waals surface area contributed by atoms with E-state index >= 15 is 0 Å². The van der Waals surface area contributed by atoms with Gasteiger partial charge in [-0.05, 0) is 19.8 Å². The summed E-state index contributed by atoms with van der Waals surface area (Å²) >= 11 is 0. The third-order valence-corrected chi connectivity index (χ3v) is 2.95. The lowest BCUT2D eigenvalue weighted by Crippen LogP contribution is -2.31. The third kappa shape index (κ3) is 2.32. The monoisotopic (exact) mass is 194 g/mol. The predicted molar refractivity (Wildman–Crippen MR) is 55.0 cm³/mol. The Morgan fingerprint density at radius 3 is 2.93 bits per heavy atom. The summed E-state index contributed by atoms with van der Waals surface area (Å²) in [7, 11) is 0. The summed E-state index contributed by atoms with van der Waals surface area (Å²) in [4.78, 5) is 3.95. The first-order valence-electron chi connectivity index (χ1n) is 5.44. The number of aromatic nitrogens is 3. The highest BCUT2D eigenvalue weighted by molar-refractivity contribution is 4.76. The third-order valence-electron chi connectivity index (χ3n) is 2.95. The van der Waals surface area contributed by atoms with Crippen LogP contribution in [0.1, 0.15) is 38.6 Å². The Morgan fingerprint density at radius 1 is 1.50 bits per heavy atom. The van der Waals surface area contributed by atoms with Crippen molar-refractivity contribution in [3.05, 3.63) is 12.7 Å². The molecule has 1 unspecified atom stereocenters. The molecule has 0 amide bonds. The van der Waals surface area contributed by atoms with Gasteiger partial charge in [0, 0.05) is 12.6 Å². The minimum Gasteiger partial charge on any atom is -0.312 e. The van der Waals surface area contributed by atoms with Crippen LogP contribution in [0.5, 0.6) is 0 Å². The Hall–Kier alpha value is -0.900. The molecule has 0 radical (unpaired) electrons. The van der Waals surface area contributed by atoms with E-state index in [4.69, 9.17) is 0 Å². The van der Waals surface area contributed by atoms with Crippen molar-refractivity contribution < 1.29 is 0 Å². The SMILES string of the molecule is CC(CNC1CCCC1)n1cncn1. The Bertz CT molecular complexity index is 251. The summed E-state index contributed by atoms with van der Waals surface area (Å²) in [6.45, 7) is 3.16. The highest BCUT2D eigenvalue weighted by Crippen LogP contribution is 2.17. The number of hydrogen-bond donors (Lipinski definition) is 1. The van der Waals surface area contributed by atoms with Gasteiger partial charge in [0.15, 0.2) is 0 Å². The Morgan fingerprint density at radius 2 is 2.29 bits per heavy atom. The van der Waals surface area contributed by atoms with Crippen LogP contribution in [0.25, 0.3) is 0 Å². The molecule has 1 aliphatic rings. The summed E-state index contributed by atoms with van der Waals surface area (Å²) in [6, 6.07) is 1.14. The normalized spacial score (nSPS) is 20.1. The molecule has 0 bridgehead atoms. The maximum Gasteiger partial charge on any atom is 0.137 e. The summed E-state index contributed by atoms with van der Waals surface area (Å²) in [5.74, 6) is 0. The average molecular weight is 194 g/mol. The zero-order valence-electron chi connectivity index (χ0n) is 8.69. The molecule has 1 saturated carbocycles. The quantitative estimate of drug-likeness (QED) is 0.787. The molecule has 1 heterocycles. The van der Waals surface area contributed by atoms with Gasteiger partial charge in [0.05, 0.1) is 6.04 Å². The molecular weight excluding hydrogens is 176 g/mol. The fraction of sp³-hybridized carbons (Fsp3) is 0.800. The lowest BCUT2D eigenvalue weighted by molar-refractivity contribution is 0.415. The highest BCUT2D eigenvalue weighted by atomic mass is 15.3. The van der Waals surface area contributed by atoms with E-state index in [9.17, 15) is 0 Å². The molecular formula is C10H18N4.